The molecule has 1 heterocycles. The Kier molecular flexibility index (Phi) is 6.07. The van der Waals surface area contributed by atoms with Crippen LogP contribution in [0.3, 0.4) is 0 Å². The summed E-state index contributed by atoms with van der Waals surface area (Å²) in [5, 5.41) is 6.54. The summed E-state index contributed by atoms with van der Waals surface area (Å²) in [6.45, 7) is 6.76. The first-order valence-corrected chi connectivity index (χ1v) is 10.8. The molecule has 1 aromatic heterocycles. The lowest BCUT2D eigenvalue weighted by atomic mass is 10.1. The quantitative estimate of drug-likeness (QED) is 0.604. The van der Waals surface area contributed by atoms with Crippen molar-refractivity contribution >= 4 is 39.5 Å². The molecule has 30 heavy (non-hydrogen) atoms. The summed E-state index contributed by atoms with van der Waals surface area (Å²) in [5.74, 6) is 0.146. The lowest BCUT2D eigenvalue weighted by Gasteiger charge is -2.11. The molecule has 7 nitrogen and oxygen atoms in total. The highest BCUT2D eigenvalue weighted by atomic mass is 32.2. The van der Waals surface area contributed by atoms with E-state index >= 15 is 0 Å². The Bertz CT molecular complexity index is 1230. The fraction of sp³-hybridized carbons (Fsp3) is 0.182. The van der Waals surface area contributed by atoms with Crippen LogP contribution in [0, 0.1) is 20.8 Å². The van der Waals surface area contributed by atoms with E-state index in [0.29, 0.717) is 34.0 Å². The van der Waals surface area contributed by atoms with Gasteiger partial charge in [0.2, 0.25) is 5.91 Å². The second kappa shape index (κ2) is 8.54. The lowest BCUT2D eigenvalue weighted by molar-refractivity contribution is -0.114. The number of benzene rings is 2. The molecule has 0 aliphatic rings. The topological polar surface area (TPSA) is 101 Å². The molecule has 0 saturated carbocycles. The first-order chi connectivity index (χ1) is 14.2. The second-order valence-electron chi connectivity index (χ2n) is 7.02. The van der Waals surface area contributed by atoms with E-state index in [4.69, 9.17) is 4.52 Å². The standard InChI is InChI=1S/C22H23N3O4S/c1-14-6-5-7-19(12-14)25-30(27,28)21-13-18(9-8-15(21)2)10-11-20-22(23-17(4)26)16(3)24-29-20/h5-13,25H,1-4H3,(H,23,26)/b11-10-. The molecule has 0 fully saturated rings. The van der Waals surface area contributed by atoms with Crippen LogP contribution in [0.2, 0.25) is 0 Å². The fourth-order valence-corrected chi connectivity index (χ4v) is 4.26. The average Bonchev–Trinajstić information content (AvgIpc) is 3.00. The minimum absolute atomic E-state index is 0.182. The maximum atomic E-state index is 12.9. The monoisotopic (exact) mass is 425 g/mol. The Morgan fingerprint density at radius 3 is 2.53 bits per heavy atom. The molecule has 8 heteroatoms. The highest BCUT2D eigenvalue weighted by Crippen LogP contribution is 2.25. The van der Waals surface area contributed by atoms with Gasteiger partial charge >= 0.3 is 0 Å². The number of aryl methyl sites for hydroxylation is 3. The van der Waals surface area contributed by atoms with Gasteiger partial charge in [-0.25, -0.2) is 8.42 Å². The third-order valence-electron chi connectivity index (χ3n) is 4.39. The summed E-state index contributed by atoms with van der Waals surface area (Å²) in [4.78, 5) is 11.6. The zero-order valence-electron chi connectivity index (χ0n) is 17.2. The smallest absolute Gasteiger partial charge is 0.262 e. The van der Waals surface area contributed by atoms with Crippen molar-refractivity contribution in [1.29, 1.82) is 0 Å². The summed E-state index contributed by atoms with van der Waals surface area (Å²) < 4.78 is 33.7. The van der Waals surface area contributed by atoms with Crippen LogP contribution in [0.25, 0.3) is 12.2 Å². The van der Waals surface area contributed by atoms with E-state index in [0.717, 1.165) is 5.56 Å². The molecule has 3 rings (SSSR count). The van der Waals surface area contributed by atoms with Crippen molar-refractivity contribution < 1.29 is 17.7 Å². The van der Waals surface area contributed by atoms with Gasteiger partial charge in [-0.1, -0.05) is 35.5 Å². The maximum absolute atomic E-state index is 12.9. The number of carbonyl (C=O) groups excluding carboxylic acids is 1. The summed E-state index contributed by atoms with van der Waals surface area (Å²) in [6.07, 6.45) is 3.34. The van der Waals surface area contributed by atoms with Crippen molar-refractivity contribution in [2.45, 2.75) is 32.6 Å². The van der Waals surface area contributed by atoms with Gasteiger partial charge in [-0.3, -0.25) is 9.52 Å². The highest BCUT2D eigenvalue weighted by Gasteiger charge is 2.18. The van der Waals surface area contributed by atoms with Crippen molar-refractivity contribution in [2.75, 3.05) is 10.0 Å². The van der Waals surface area contributed by atoms with E-state index in [1.807, 2.05) is 13.0 Å². The second-order valence-corrected chi connectivity index (χ2v) is 8.67. The minimum atomic E-state index is -3.76. The summed E-state index contributed by atoms with van der Waals surface area (Å²) >= 11 is 0. The number of aromatic nitrogens is 1. The highest BCUT2D eigenvalue weighted by molar-refractivity contribution is 7.92. The van der Waals surface area contributed by atoms with E-state index in [9.17, 15) is 13.2 Å². The van der Waals surface area contributed by atoms with Gasteiger partial charge in [0.1, 0.15) is 11.4 Å². The van der Waals surface area contributed by atoms with Crippen LogP contribution in [0.5, 0.6) is 0 Å². The van der Waals surface area contributed by atoms with Gasteiger partial charge in [0.25, 0.3) is 10.0 Å². The van der Waals surface area contributed by atoms with Crippen LogP contribution < -0.4 is 10.0 Å². The van der Waals surface area contributed by atoms with Crippen LogP contribution in [-0.2, 0) is 14.8 Å². The van der Waals surface area contributed by atoms with Gasteiger partial charge in [0.05, 0.1) is 4.90 Å². The Balaban J connectivity index is 1.90. The van der Waals surface area contributed by atoms with Crippen LogP contribution in [0.4, 0.5) is 11.4 Å². The van der Waals surface area contributed by atoms with Crippen LogP contribution >= 0.6 is 0 Å². The number of carbonyl (C=O) groups is 1. The molecule has 0 aliphatic heterocycles. The molecule has 0 radical (unpaired) electrons. The average molecular weight is 426 g/mol. The largest absolute Gasteiger partial charge is 0.354 e. The number of hydrogen-bond donors (Lipinski definition) is 2. The number of rotatable bonds is 6. The molecule has 1 amide bonds. The van der Waals surface area contributed by atoms with Gasteiger partial charge in [-0.2, -0.15) is 0 Å². The van der Waals surface area contributed by atoms with Gasteiger partial charge in [-0.15, -0.1) is 0 Å². The van der Waals surface area contributed by atoms with Crippen LogP contribution in [0.15, 0.2) is 51.9 Å². The summed E-state index contributed by atoms with van der Waals surface area (Å²) in [7, 11) is -3.76. The summed E-state index contributed by atoms with van der Waals surface area (Å²) in [5.41, 5.74) is 3.79. The van der Waals surface area contributed by atoms with Crippen molar-refractivity contribution in [3.05, 3.63) is 70.6 Å². The molecular weight excluding hydrogens is 402 g/mol. The van der Waals surface area contributed by atoms with E-state index < -0.39 is 10.0 Å². The number of nitrogens with one attached hydrogen (secondary N) is 2. The molecule has 2 N–H and O–H groups in total. The first kappa shape index (κ1) is 21.3. The van der Waals surface area contributed by atoms with E-state index in [1.165, 1.54) is 6.92 Å². The predicted octanol–water partition coefficient (Wildman–Crippen LogP) is 4.53. The van der Waals surface area contributed by atoms with Gasteiger partial charge in [0.15, 0.2) is 5.76 Å². The maximum Gasteiger partial charge on any atom is 0.262 e. The van der Waals surface area contributed by atoms with E-state index in [1.54, 1.807) is 62.4 Å². The number of nitrogens with zero attached hydrogens (tertiary/aromatic N) is 1. The zero-order valence-corrected chi connectivity index (χ0v) is 18.0. The molecule has 0 unspecified atom stereocenters. The van der Waals surface area contributed by atoms with E-state index in [-0.39, 0.29) is 10.8 Å². The first-order valence-electron chi connectivity index (χ1n) is 9.28. The third-order valence-corrected chi connectivity index (χ3v) is 5.91. The van der Waals surface area contributed by atoms with Gasteiger partial charge in [-0.05, 0) is 61.7 Å². The molecule has 0 bridgehead atoms. The lowest BCUT2D eigenvalue weighted by Crippen LogP contribution is -2.14. The summed E-state index contributed by atoms with van der Waals surface area (Å²) in [6, 6.07) is 12.3. The Morgan fingerprint density at radius 1 is 1.07 bits per heavy atom. The van der Waals surface area contributed by atoms with Crippen LogP contribution in [-0.4, -0.2) is 19.5 Å². The van der Waals surface area contributed by atoms with Crippen molar-refractivity contribution in [1.82, 2.24) is 5.16 Å². The number of amides is 1. The van der Waals surface area contributed by atoms with Crippen molar-refractivity contribution in [2.24, 2.45) is 0 Å². The molecule has 0 atom stereocenters. The number of hydrogen-bond acceptors (Lipinski definition) is 5. The predicted molar refractivity (Wildman–Crippen MR) is 118 cm³/mol. The van der Waals surface area contributed by atoms with Gasteiger partial charge < -0.3 is 9.84 Å². The molecule has 0 saturated heterocycles. The Morgan fingerprint density at radius 2 is 1.83 bits per heavy atom. The number of anilines is 2. The van der Waals surface area contributed by atoms with Crippen molar-refractivity contribution in [3.8, 4) is 0 Å². The SMILES string of the molecule is CC(=O)Nc1c(C)noc1/C=C\c1ccc(C)c(S(=O)(=O)Nc2cccc(C)c2)c1. The normalized spacial score (nSPS) is 11.6. The Hall–Kier alpha value is -3.39. The molecule has 2 aromatic carbocycles. The molecule has 0 aliphatic carbocycles. The van der Waals surface area contributed by atoms with Gasteiger partial charge in [0, 0.05) is 12.6 Å². The third kappa shape index (κ3) is 4.96. The van der Waals surface area contributed by atoms with Crippen LogP contribution in [0.1, 0.15) is 35.1 Å². The molecular formula is C22H23N3O4S. The fourth-order valence-electron chi connectivity index (χ4n) is 2.93. The molecule has 156 valence electrons. The number of sulfonamides is 1. The minimum Gasteiger partial charge on any atom is -0.354 e. The Labute approximate surface area is 175 Å². The van der Waals surface area contributed by atoms with E-state index in [2.05, 4.69) is 15.2 Å². The molecule has 3 aromatic rings. The van der Waals surface area contributed by atoms with Crippen molar-refractivity contribution in [3.63, 3.8) is 0 Å². The zero-order chi connectivity index (χ0) is 21.9. The molecule has 0 spiro atoms.